The summed E-state index contributed by atoms with van der Waals surface area (Å²) < 4.78 is 12.6. The Morgan fingerprint density at radius 3 is 2.50 bits per heavy atom. The summed E-state index contributed by atoms with van der Waals surface area (Å²) in [6.07, 6.45) is 1.53. The van der Waals surface area contributed by atoms with Gasteiger partial charge < -0.3 is 0 Å². The summed E-state index contributed by atoms with van der Waals surface area (Å²) in [5.74, 6) is -0.166. The number of allylic oxidation sites excluding steroid dienone is 1. The highest BCUT2D eigenvalue weighted by atomic mass is 19.1. The fourth-order valence-corrected chi connectivity index (χ4v) is 1.53. The van der Waals surface area contributed by atoms with Crippen molar-refractivity contribution >= 4 is 16.8 Å². The molecule has 0 aliphatic carbocycles. The van der Waals surface area contributed by atoms with Crippen molar-refractivity contribution in [1.82, 2.24) is 0 Å². The van der Waals surface area contributed by atoms with Gasteiger partial charge in [-0.15, -0.1) is 0 Å². The Bertz CT molecular complexity index is 479. The normalized spacial score (nSPS) is 12.0. The zero-order valence-electron chi connectivity index (χ0n) is 8.00. The maximum Gasteiger partial charge on any atom is 0.0974 e. The average Bonchev–Trinajstić information content (AvgIpc) is 2.17. The first-order chi connectivity index (χ1) is 6.75. The summed E-state index contributed by atoms with van der Waals surface area (Å²) in [4.78, 5) is 0. The monoisotopic (exact) mass is 186 g/mol. The van der Waals surface area contributed by atoms with Gasteiger partial charge in [0.15, 0.2) is 0 Å². The fraction of sp³-hybridized carbons (Fsp3) is 0.0769. The molecule has 0 fully saturated rings. The van der Waals surface area contributed by atoms with Crippen LogP contribution < -0.4 is 0 Å². The van der Waals surface area contributed by atoms with Crippen molar-refractivity contribution in [3.8, 4) is 0 Å². The van der Waals surface area contributed by atoms with Crippen LogP contribution >= 0.6 is 0 Å². The van der Waals surface area contributed by atoms with Gasteiger partial charge in [0.1, 0.15) is 0 Å². The first-order valence-corrected chi connectivity index (χ1v) is 4.58. The van der Waals surface area contributed by atoms with Crippen LogP contribution in [0.2, 0.25) is 0 Å². The van der Waals surface area contributed by atoms with Crippen LogP contribution in [-0.2, 0) is 0 Å². The minimum Gasteiger partial charge on any atom is -0.212 e. The van der Waals surface area contributed by atoms with Crippen LogP contribution in [0.5, 0.6) is 0 Å². The topological polar surface area (TPSA) is 0 Å². The van der Waals surface area contributed by atoms with Gasteiger partial charge in [0.2, 0.25) is 0 Å². The van der Waals surface area contributed by atoms with Gasteiger partial charge in [-0.05, 0) is 35.4 Å². The van der Waals surface area contributed by atoms with Crippen molar-refractivity contribution in [3.05, 3.63) is 53.9 Å². The van der Waals surface area contributed by atoms with Gasteiger partial charge in [-0.25, -0.2) is 4.39 Å². The van der Waals surface area contributed by atoms with Crippen LogP contribution in [0, 0.1) is 0 Å². The Balaban J connectivity index is 2.57. The molecular formula is C13H11F. The second-order valence-corrected chi connectivity index (χ2v) is 3.34. The summed E-state index contributed by atoms with van der Waals surface area (Å²) in [5, 5.41) is 2.32. The minimum atomic E-state index is -0.166. The smallest absolute Gasteiger partial charge is 0.0974 e. The molecule has 14 heavy (non-hydrogen) atoms. The van der Waals surface area contributed by atoms with Gasteiger partial charge >= 0.3 is 0 Å². The minimum absolute atomic E-state index is 0.166. The second kappa shape index (κ2) is 3.62. The van der Waals surface area contributed by atoms with Gasteiger partial charge in [-0.3, -0.25) is 0 Å². The Kier molecular flexibility index (Phi) is 2.32. The predicted octanol–water partition coefficient (Wildman–Crippen LogP) is 4.17. The van der Waals surface area contributed by atoms with Crippen molar-refractivity contribution < 1.29 is 4.39 Å². The number of benzene rings is 2. The zero-order valence-corrected chi connectivity index (χ0v) is 8.00. The molecule has 0 amide bonds. The molecule has 0 aliphatic rings. The molecule has 0 aromatic heterocycles. The molecule has 0 saturated heterocycles. The van der Waals surface area contributed by atoms with E-state index in [-0.39, 0.29) is 5.83 Å². The number of hydrogen-bond donors (Lipinski definition) is 0. The van der Waals surface area contributed by atoms with E-state index >= 15 is 0 Å². The van der Waals surface area contributed by atoms with E-state index in [1.54, 1.807) is 0 Å². The van der Waals surface area contributed by atoms with E-state index in [9.17, 15) is 4.39 Å². The first kappa shape index (κ1) is 8.95. The molecule has 2 rings (SSSR count). The van der Waals surface area contributed by atoms with Gasteiger partial charge in [0, 0.05) is 0 Å². The number of rotatable bonds is 1. The molecule has 0 heterocycles. The molecule has 2 aromatic carbocycles. The highest BCUT2D eigenvalue weighted by Crippen LogP contribution is 2.17. The summed E-state index contributed by atoms with van der Waals surface area (Å²) in [6, 6.07) is 14.0. The molecule has 0 aliphatic heterocycles. The van der Waals surface area contributed by atoms with Crippen LogP contribution in [0.25, 0.3) is 16.8 Å². The van der Waals surface area contributed by atoms with E-state index in [4.69, 9.17) is 0 Å². The number of hydrogen-bond acceptors (Lipinski definition) is 0. The molecule has 1 heteroatoms. The molecule has 0 atom stereocenters. The highest BCUT2D eigenvalue weighted by molar-refractivity contribution is 5.84. The first-order valence-electron chi connectivity index (χ1n) is 4.58. The van der Waals surface area contributed by atoms with Crippen LogP contribution in [0.1, 0.15) is 12.5 Å². The van der Waals surface area contributed by atoms with Gasteiger partial charge in [0.25, 0.3) is 0 Å². The Morgan fingerprint density at radius 2 is 1.79 bits per heavy atom. The molecule has 2 aromatic rings. The second-order valence-electron chi connectivity index (χ2n) is 3.34. The highest BCUT2D eigenvalue weighted by Gasteiger charge is 1.93. The number of fused-ring (bicyclic) bond motifs is 1. The standard InChI is InChI=1S/C13H11F/c1-10(14)8-11-6-7-12-4-2-3-5-13(12)9-11/h2-9H,1H3/b10-8-. The Labute approximate surface area is 82.7 Å². The van der Waals surface area contributed by atoms with E-state index in [1.165, 1.54) is 18.4 Å². The SMILES string of the molecule is C/C(F)=C/c1ccc2ccccc2c1. The van der Waals surface area contributed by atoms with Crippen LogP contribution in [-0.4, -0.2) is 0 Å². The summed E-state index contributed by atoms with van der Waals surface area (Å²) >= 11 is 0. The lowest BCUT2D eigenvalue weighted by molar-refractivity contribution is 0.648. The largest absolute Gasteiger partial charge is 0.212 e. The van der Waals surface area contributed by atoms with Gasteiger partial charge in [-0.2, -0.15) is 0 Å². The summed E-state index contributed by atoms with van der Waals surface area (Å²) in [6.45, 7) is 1.45. The van der Waals surface area contributed by atoms with Crippen molar-refractivity contribution in [1.29, 1.82) is 0 Å². The molecule has 0 N–H and O–H groups in total. The Morgan fingerprint density at radius 1 is 1.07 bits per heavy atom. The third-order valence-corrected chi connectivity index (χ3v) is 2.14. The van der Waals surface area contributed by atoms with Crippen molar-refractivity contribution in [3.63, 3.8) is 0 Å². The molecular weight excluding hydrogens is 175 g/mol. The van der Waals surface area contributed by atoms with E-state index in [0.717, 1.165) is 10.9 Å². The maximum absolute atomic E-state index is 12.6. The molecule has 0 nitrogen and oxygen atoms in total. The molecule has 70 valence electrons. The van der Waals surface area contributed by atoms with Crippen LogP contribution in [0.4, 0.5) is 4.39 Å². The van der Waals surface area contributed by atoms with Crippen molar-refractivity contribution in [2.45, 2.75) is 6.92 Å². The van der Waals surface area contributed by atoms with Crippen molar-refractivity contribution in [2.24, 2.45) is 0 Å². The summed E-state index contributed by atoms with van der Waals surface area (Å²) in [5.41, 5.74) is 0.906. The van der Waals surface area contributed by atoms with E-state index in [1.807, 2.05) is 42.5 Å². The fourth-order valence-electron chi connectivity index (χ4n) is 1.53. The molecule has 0 saturated carbocycles. The van der Waals surface area contributed by atoms with E-state index in [2.05, 4.69) is 0 Å². The molecule has 0 radical (unpaired) electrons. The lowest BCUT2D eigenvalue weighted by atomic mass is 10.1. The average molecular weight is 186 g/mol. The molecule has 0 bridgehead atoms. The lowest BCUT2D eigenvalue weighted by Gasteiger charge is -1.98. The molecule has 0 spiro atoms. The van der Waals surface area contributed by atoms with E-state index < -0.39 is 0 Å². The van der Waals surface area contributed by atoms with Gasteiger partial charge in [-0.1, -0.05) is 36.4 Å². The van der Waals surface area contributed by atoms with E-state index in [0.29, 0.717) is 0 Å². The zero-order chi connectivity index (χ0) is 9.97. The van der Waals surface area contributed by atoms with Crippen molar-refractivity contribution in [2.75, 3.05) is 0 Å². The predicted molar refractivity (Wildman–Crippen MR) is 58.7 cm³/mol. The third-order valence-electron chi connectivity index (χ3n) is 2.14. The maximum atomic E-state index is 12.6. The molecule has 0 unspecified atom stereocenters. The quantitative estimate of drug-likeness (QED) is 0.627. The van der Waals surface area contributed by atoms with Crippen LogP contribution in [0.15, 0.2) is 48.3 Å². The van der Waals surface area contributed by atoms with Gasteiger partial charge in [0.05, 0.1) is 5.83 Å². The third kappa shape index (κ3) is 1.82. The Hall–Kier alpha value is -1.63. The number of halogens is 1. The lowest BCUT2D eigenvalue weighted by Crippen LogP contribution is -1.75. The summed E-state index contributed by atoms with van der Waals surface area (Å²) in [7, 11) is 0. The van der Waals surface area contributed by atoms with Crippen LogP contribution in [0.3, 0.4) is 0 Å².